The molecule has 0 N–H and O–H groups in total. The standard InChI is InChI=1S/C7H10O3S/c1-6(2)11(8,9)7-3-4-10-5-7/h3-6H,1-2H3. The van der Waals surface area contributed by atoms with Crippen LogP contribution in [0.1, 0.15) is 13.8 Å². The molecule has 0 fully saturated rings. The maximum Gasteiger partial charge on any atom is 0.183 e. The van der Waals surface area contributed by atoms with Gasteiger partial charge in [0.15, 0.2) is 9.84 Å². The fraction of sp³-hybridized carbons (Fsp3) is 0.429. The van der Waals surface area contributed by atoms with Crippen LogP contribution in [0, 0.1) is 0 Å². The second kappa shape index (κ2) is 2.70. The van der Waals surface area contributed by atoms with E-state index in [1.54, 1.807) is 13.8 Å². The molecule has 11 heavy (non-hydrogen) atoms. The average molecular weight is 174 g/mol. The molecule has 1 heterocycles. The predicted octanol–water partition coefficient (Wildman–Crippen LogP) is 1.46. The molecule has 1 rings (SSSR count). The van der Waals surface area contributed by atoms with Crippen molar-refractivity contribution in [2.24, 2.45) is 0 Å². The largest absolute Gasteiger partial charge is 0.471 e. The number of hydrogen-bond donors (Lipinski definition) is 0. The third kappa shape index (κ3) is 1.45. The molecule has 0 bridgehead atoms. The van der Waals surface area contributed by atoms with Crippen molar-refractivity contribution in [2.75, 3.05) is 0 Å². The molecule has 0 amide bonds. The molecule has 0 radical (unpaired) electrons. The molecule has 0 spiro atoms. The van der Waals surface area contributed by atoms with E-state index in [0.29, 0.717) is 0 Å². The van der Waals surface area contributed by atoms with Crippen molar-refractivity contribution in [3.63, 3.8) is 0 Å². The summed E-state index contributed by atoms with van der Waals surface area (Å²) in [5.74, 6) is 0. The fourth-order valence-electron chi connectivity index (χ4n) is 0.686. The van der Waals surface area contributed by atoms with E-state index in [1.165, 1.54) is 18.6 Å². The van der Waals surface area contributed by atoms with Crippen molar-refractivity contribution in [1.82, 2.24) is 0 Å². The van der Waals surface area contributed by atoms with Crippen LogP contribution in [0.2, 0.25) is 0 Å². The van der Waals surface area contributed by atoms with E-state index in [1.807, 2.05) is 0 Å². The summed E-state index contributed by atoms with van der Waals surface area (Å²) >= 11 is 0. The van der Waals surface area contributed by atoms with E-state index in [4.69, 9.17) is 0 Å². The van der Waals surface area contributed by atoms with Crippen LogP contribution in [0.25, 0.3) is 0 Å². The van der Waals surface area contributed by atoms with Crippen molar-refractivity contribution in [1.29, 1.82) is 0 Å². The summed E-state index contributed by atoms with van der Waals surface area (Å²) in [6.45, 7) is 3.28. The van der Waals surface area contributed by atoms with Crippen LogP contribution in [0.15, 0.2) is 27.9 Å². The highest BCUT2D eigenvalue weighted by atomic mass is 32.2. The first kappa shape index (κ1) is 8.33. The molecule has 0 aliphatic heterocycles. The van der Waals surface area contributed by atoms with E-state index in [9.17, 15) is 8.42 Å². The molecule has 0 saturated carbocycles. The molecule has 0 aromatic carbocycles. The minimum atomic E-state index is -3.13. The number of sulfone groups is 1. The lowest BCUT2D eigenvalue weighted by Gasteiger charge is -2.02. The van der Waals surface area contributed by atoms with Crippen molar-refractivity contribution < 1.29 is 12.8 Å². The zero-order valence-corrected chi connectivity index (χ0v) is 7.26. The Balaban J connectivity index is 3.12. The smallest absolute Gasteiger partial charge is 0.183 e. The minimum Gasteiger partial charge on any atom is -0.471 e. The Labute approximate surface area is 65.9 Å². The van der Waals surface area contributed by atoms with Crippen molar-refractivity contribution in [3.8, 4) is 0 Å². The molecule has 0 aliphatic rings. The van der Waals surface area contributed by atoms with Crippen LogP contribution in [0.3, 0.4) is 0 Å². The minimum absolute atomic E-state index is 0.257. The van der Waals surface area contributed by atoms with Crippen LogP contribution in [-0.2, 0) is 9.84 Å². The first-order valence-electron chi connectivity index (χ1n) is 3.31. The summed E-state index contributed by atoms with van der Waals surface area (Å²) in [5, 5.41) is -0.389. The summed E-state index contributed by atoms with van der Waals surface area (Å²) in [4.78, 5) is 0.257. The summed E-state index contributed by atoms with van der Waals surface area (Å²) in [6.07, 6.45) is 2.60. The van der Waals surface area contributed by atoms with Gasteiger partial charge in [-0.1, -0.05) is 0 Å². The van der Waals surface area contributed by atoms with E-state index in [-0.39, 0.29) is 10.1 Å². The predicted molar refractivity (Wildman–Crippen MR) is 41.0 cm³/mol. The molecule has 1 aromatic rings. The van der Waals surface area contributed by atoms with E-state index < -0.39 is 9.84 Å². The SMILES string of the molecule is CC(C)S(=O)(=O)c1ccoc1. The van der Waals surface area contributed by atoms with Gasteiger partial charge in [0.05, 0.1) is 11.5 Å². The van der Waals surface area contributed by atoms with Gasteiger partial charge in [-0.15, -0.1) is 0 Å². The molecule has 0 unspecified atom stereocenters. The number of rotatable bonds is 2. The van der Waals surface area contributed by atoms with Crippen LogP contribution in [0.5, 0.6) is 0 Å². The summed E-state index contributed by atoms with van der Waals surface area (Å²) < 4.78 is 27.3. The van der Waals surface area contributed by atoms with Gasteiger partial charge < -0.3 is 4.42 Å². The Kier molecular flexibility index (Phi) is 2.04. The van der Waals surface area contributed by atoms with Crippen molar-refractivity contribution in [3.05, 3.63) is 18.6 Å². The molecule has 3 nitrogen and oxygen atoms in total. The van der Waals surface area contributed by atoms with Gasteiger partial charge in [0.2, 0.25) is 0 Å². The molecular weight excluding hydrogens is 164 g/mol. The van der Waals surface area contributed by atoms with Gasteiger partial charge >= 0.3 is 0 Å². The Morgan fingerprint density at radius 2 is 2.09 bits per heavy atom. The van der Waals surface area contributed by atoms with Crippen LogP contribution in [-0.4, -0.2) is 13.7 Å². The molecule has 0 aliphatic carbocycles. The van der Waals surface area contributed by atoms with E-state index in [2.05, 4.69) is 4.42 Å². The quantitative estimate of drug-likeness (QED) is 0.682. The number of hydrogen-bond acceptors (Lipinski definition) is 3. The van der Waals surface area contributed by atoms with Gasteiger partial charge in [-0.05, 0) is 19.9 Å². The summed E-state index contributed by atoms with van der Waals surface area (Å²) in [6, 6.07) is 1.45. The lowest BCUT2D eigenvalue weighted by molar-refractivity contribution is 0.554. The molecule has 4 heteroatoms. The summed E-state index contributed by atoms with van der Waals surface area (Å²) in [5.41, 5.74) is 0. The maximum absolute atomic E-state index is 11.3. The second-order valence-corrected chi connectivity index (χ2v) is 5.06. The second-order valence-electron chi connectivity index (χ2n) is 2.55. The molecule has 0 saturated heterocycles. The fourth-order valence-corrected chi connectivity index (χ4v) is 1.67. The monoisotopic (exact) mass is 174 g/mol. The highest BCUT2D eigenvalue weighted by molar-refractivity contribution is 7.92. The van der Waals surface area contributed by atoms with Crippen LogP contribution in [0.4, 0.5) is 0 Å². The van der Waals surface area contributed by atoms with Crippen molar-refractivity contribution in [2.45, 2.75) is 24.0 Å². The van der Waals surface area contributed by atoms with Gasteiger partial charge in [0.25, 0.3) is 0 Å². The molecule has 0 atom stereocenters. The highest BCUT2D eigenvalue weighted by Gasteiger charge is 2.19. The Bertz CT molecular complexity index is 307. The lowest BCUT2D eigenvalue weighted by atomic mass is 10.6. The third-order valence-corrected chi connectivity index (χ3v) is 3.57. The topological polar surface area (TPSA) is 47.3 Å². The van der Waals surface area contributed by atoms with Gasteiger partial charge in [0, 0.05) is 0 Å². The van der Waals surface area contributed by atoms with E-state index in [0.717, 1.165) is 0 Å². The first-order valence-corrected chi connectivity index (χ1v) is 4.86. The number of furan rings is 1. The molecule has 62 valence electrons. The lowest BCUT2D eigenvalue weighted by Crippen LogP contribution is -2.12. The van der Waals surface area contributed by atoms with Gasteiger partial charge in [-0.25, -0.2) is 8.42 Å². The zero-order valence-electron chi connectivity index (χ0n) is 6.44. The highest BCUT2D eigenvalue weighted by Crippen LogP contribution is 2.15. The summed E-state index contributed by atoms with van der Waals surface area (Å²) in [7, 11) is -3.13. The van der Waals surface area contributed by atoms with Gasteiger partial charge in [-0.3, -0.25) is 0 Å². The van der Waals surface area contributed by atoms with Crippen LogP contribution < -0.4 is 0 Å². The Morgan fingerprint density at radius 1 is 1.45 bits per heavy atom. The normalized spacial score (nSPS) is 12.3. The maximum atomic E-state index is 11.3. The average Bonchev–Trinajstić information content (AvgIpc) is 2.37. The van der Waals surface area contributed by atoms with Crippen molar-refractivity contribution >= 4 is 9.84 Å². The Morgan fingerprint density at radius 3 is 2.45 bits per heavy atom. The molecule has 1 aromatic heterocycles. The van der Waals surface area contributed by atoms with E-state index >= 15 is 0 Å². The first-order chi connectivity index (χ1) is 5.05. The zero-order chi connectivity index (χ0) is 8.48. The Hall–Kier alpha value is -0.770. The van der Waals surface area contributed by atoms with Gasteiger partial charge in [-0.2, -0.15) is 0 Å². The van der Waals surface area contributed by atoms with Crippen LogP contribution >= 0.6 is 0 Å². The third-order valence-electron chi connectivity index (χ3n) is 1.44. The van der Waals surface area contributed by atoms with Gasteiger partial charge in [0.1, 0.15) is 11.2 Å². The molecular formula is C7H10O3S.